The van der Waals surface area contributed by atoms with Gasteiger partial charge in [-0.3, -0.25) is 0 Å². The molecule has 0 bridgehead atoms. The van der Waals surface area contributed by atoms with Crippen LogP contribution < -0.4 is 0 Å². The number of pyridine rings is 1. The molecule has 0 aromatic carbocycles. The first-order valence-corrected chi connectivity index (χ1v) is 7.59. The molecule has 5 heteroatoms. The zero-order chi connectivity index (χ0) is 14.3. The number of aromatic nitrogens is 3. The topological polar surface area (TPSA) is 39.9 Å². The van der Waals surface area contributed by atoms with Gasteiger partial charge in [-0.25, -0.2) is 9.97 Å². The third kappa shape index (κ3) is 2.31. The number of imidazole rings is 1. The summed E-state index contributed by atoms with van der Waals surface area (Å²) < 4.78 is 7.73. The van der Waals surface area contributed by atoms with Crippen LogP contribution >= 0.6 is 11.6 Å². The minimum Gasteiger partial charge on any atom is -0.381 e. The SMILES string of the molecule is Cc1ccc2nc(C(C)Cl)n(C(C)C3CCOC3)c2n1. The molecule has 4 nitrogen and oxygen atoms in total. The number of rotatable bonds is 3. The molecule has 0 saturated carbocycles. The van der Waals surface area contributed by atoms with Gasteiger partial charge in [-0.15, -0.1) is 11.6 Å². The number of halogens is 1. The van der Waals surface area contributed by atoms with E-state index in [0.717, 1.165) is 42.3 Å². The Bertz CT molecular complexity index is 617. The van der Waals surface area contributed by atoms with E-state index < -0.39 is 0 Å². The lowest BCUT2D eigenvalue weighted by atomic mass is 10.0. The molecular weight excluding hydrogens is 274 g/mol. The van der Waals surface area contributed by atoms with Crippen LogP contribution in [0.1, 0.15) is 43.2 Å². The van der Waals surface area contributed by atoms with Gasteiger partial charge in [0.2, 0.25) is 0 Å². The molecule has 2 aromatic rings. The third-order valence-corrected chi connectivity index (χ3v) is 4.31. The summed E-state index contributed by atoms with van der Waals surface area (Å²) in [6, 6.07) is 4.31. The first-order chi connectivity index (χ1) is 9.58. The highest BCUT2D eigenvalue weighted by Gasteiger charge is 2.28. The van der Waals surface area contributed by atoms with Gasteiger partial charge in [0, 0.05) is 24.3 Å². The Hall–Kier alpha value is -1.13. The van der Waals surface area contributed by atoms with E-state index >= 15 is 0 Å². The number of fused-ring (bicyclic) bond motifs is 1. The summed E-state index contributed by atoms with van der Waals surface area (Å²) in [5.74, 6) is 1.41. The van der Waals surface area contributed by atoms with Crippen LogP contribution in [-0.4, -0.2) is 27.7 Å². The lowest BCUT2D eigenvalue weighted by Gasteiger charge is -2.22. The average Bonchev–Trinajstić information content (AvgIpc) is 3.04. The second-order valence-electron chi connectivity index (χ2n) is 5.62. The fourth-order valence-electron chi connectivity index (χ4n) is 2.91. The molecular formula is C15H20ClN3O. The maximum atomic E-state index is 6.33. The van der Waals surface area contributed by atoms with Crippen molar-refractivity contribution in [3.8, 4) is 0 Å². The van der Waals surface area contributed by atoms with Gasteiger partial charge in [0.15, 0.2) is 5.65 Å². The number of nitrogens with zero attached hydrogens (tertiary/aromatic N) is 3. The summed E-state index contributed by atoms with van der Waals surface area (Å²) >= 11 is 6.33. The minimum atomic E-state index is -0.130. The molecule has 20 heavy (non-hydrogen) atoms. The zero-order valence-corrected chi connectivity index (χ0v) is 12.9. The molecule has 0 spiro atoms. The van der Waals surface area contributed by atoms with Gasteiger partial charge in [-0.1, -0.05) is 0 Å². The Kier molecular flexibility index (Phi) is 3.69. The summed E-state index contributed by atoms with van der Waals surface area (Å²) in [4.78, 5) is 9.35. The van der Waals surface area contributed by atoms with E-state index in [2.05, 4.69) is 21.5 Å². The van der Waals surface area contributed by atoms with Crippen LogP contribution in [-0.2, 0) is 4.74 Å². The van der Waals surface area contributed by atoms with Gasteiger partial charge in [0.05, 0.1) is 12.0 Å². The van der Waals surface area contributed by atoms with Crippen LogP contribution in [0.15, 0.2) is 12.1 Å². The predicted octanol–water partition coefficient (Wildman–Crippen LogP) is 3.64. The molecule has 2 aromatic heterocycles. The van der Waals surface area contributed by atoms with E-state index in [4.69, 9.17) is 16.3 Å². The number of hydrogen-bond donors (Lipinski definition) is 0. The minimum absolute atomic E-state index is 0.130. The van der Waals surface area contributed by atoms with Crippen LogP contribution in [0.25, 0.3) is 11.2 Å². The van der Waals surface area contributed by atoms with E-state index in [0.29, 0.717) is 12.0 Å². The Morgan fingerprint density at radius 1 is 1.35 bits per heavy atom. The highest BCUT2D eigenvalue weighted by molar-refractivity contribution is 6.20. The second kappa shape index (κ2) is 5.34. The second-order valence-corrected chi connectivity index (χ2v) is 6.27. The fourth-order valence-corrected chi connectivity index (χ4v) is 3.07. The zero-order valence-electron chi connectivity index (χ0n) is 12.1. The van der Waals surface area contributed by atoms with Gasteiger partial charge in [0.25, 0.3) is 0 Å². The first-order valence-electron chi connectivity index (χ1n) is 7.15. The molecule has 1 aliphatic heterocycles. The molecule has 3 atom stereocenters. The molecule has 3 heterocycles. The first kappa shape index (κ1) is 13.8. The van der Waals surface area contributed by atoms with Crippen LogP contribution in [0.4, 0.5) is 0 Å². The lowest BCUT2D eigenvalue weighted by Crippen LogP contribution is -2.19. The standard InChI is InChI=1S/C15H20ClN3O/c1-9-4-5-13-15(17-9)19(14(18-13)10(2)16)11(3)12-6-7-20-8-12/h4-5,10-12H,6-8H2,1-3H3. The summed E-state index contributed by atoms with van der Waals surface area (Å²) in [7, 11) is 0. The molecule has 0 aliphatic carbocycles. The fraction of sp³-hybridized carbons (Fsp3) is 0.600. The number of alkyl halides is 1. The normalized spacial score (nSPS) is 22.3. The van der Waals surface area contributed by atoms with E-state index in [-0.39, 0.29) is 5.38 Å². The van der Waals surface area contributed by atoms with Crippen LogP contribution in [0.2, 0.25) is 0 Å². The van der Waals surface area contributed by atoms with Gasteiger partial charge in [0.1, 0.15) is 11.3 Å². The lowest BCUT2D eigenvalue weighted by molar-refractivity contribution is 0.175. The van der Waals surface area contributed by atoms with Crippen molar-refractivity contribution in [3.63, 3.8) is 0 Å². The average molecular weight is 294 g/mol. The summed E-state index contributed by atoms with van der Waals surface area (Å²) in [6.45, 7) is 7.84. The number of hydrogen-bond acceptors (Lipinski definition) is 3. The van der Waals surface area contributed by atoms with Gasteiger partial charge < -0.3 is 9.30 Å². The Labute approximate surface area is 124 Å². The number of ether oxygens (including phenoxy) is 1. The molecule has 1 saturated heterocycles. The maximum absolute atomic E-state index is 6.33. The van der Waals surface area contributed by atoms with Crippen LogP contribution in [0.3, 0.4) is 0 Å². The quantitative estimate of drug-likeness (QED) is 0.811. The van der Waals surface area contributed by atoms with Crippen molar-refractivity contribution < 1.29 is 4.74 Å². The van der Waals surface area contributed by atoms with Crippen molar-refractivity contribution in [2.75, 3.05) is 13.2 Å². The molecule has 0 amide bonds. The Balaban J connectivity index is 2.14. The summed E-state index contributed by atoms with van der Waals surface area (Å²) in [5.41, 5.74) is 2.86. The van der Waals surface area contributed by atoms with Crippen molar-refractivity contribution in [2.45, 2.75) is 38.6 Å². The molecule has 0 N–H and O–H groups in total. The van der Waals surface area contributed by atoms with E-state index in [1.807, 2.05) is 26.0 Å². The Morgan fingerprint density at radius 3 is 2.80 bits per heavy atom. The molecule has 108 valence electrons. The third-order valence-electron chi connectivity index (χ3n) is 4.11. The van der Waals surface area contributed by atoms with Gasteiger partial charge >= 0.3 is 0 Å². The van der Waals surface area contributed by atoms with E-state index in [1.165, 1.54) is 0 Å². The van der Waals surface area contributed by atoms with Crippen molar-refractivity contribution in [1.29, 1.82) is 0 Å². The molecule has 1 aliphatic rings. The molecule has 3 unspecified atom stereocenters. The number of aryl methyl sites for hydroxylation is 1. The van der Waals surface area contributed by atoms with Crippen molar-refractivity contribution in [2.24, 2.45) is 5.92 Å². The van der Waals surface area contributed by atoms with Crippen molar-refractivity contribution in [3.05, 3.63) is 23.7 Å². The largest absolute Gasteiger partial charge is 0.381 e. The molecule has 3 rings (SSSR count). The highest BCUT2D eigenvalue weighted by Crippen LogP contribution is 2.33. The van der Waals surface area contributed by atoms with Crippen molar-refractivity contribution >= 4 is 22.8 Å². The van der Waals surface area contributed by atoms with Crippen LogP contribution in [0.5, 0.6) is 0 Å². The molecule has 1 fully saturated rings. The van der Waals surface area contributed by atoms with E-state index in [1.54, 1.807) is 0 Å². The Morgan fingerprint density at radius 2 is 2.15 bits per heavy atom. The highest BCUT2D eigenvalue weighted by atomic mass is 35.5. The summed E-state index contributed by atoms with van der Waals surface area (Å²) in [5, 5.41) is -0.130. The van der Waals surface area contributed by atoms with Gasteiger partial charge in [-0.05, 0) is 39.3 Å². The van der Waals surface area contributed by atoms with E-state index in [9.17, 15) is 0 Å². The monoisotopic (exact) mass is 293 g/mol. The smallest absolute Gasteiger partial charge is 0.160 e. The van der Waals surface area contributed by atoms with Crippen molar-refractivity contribution in [1.82, 2.24) is 14.5 Å². The summed E-state index contributed by atoms with van der Waals surface area (Å²) in [6.07, 6.45) is 1.09. The predicted molar refractivity (Wildman–Crippen MR) is 80.2 cm³/mol. The maximum Gasteiger partial charge on any atom is 0.160 e. The van der Waals surface area contributed by atoms with Crippen LogP contribution in [0, 0.1) is 12.8 Å². The molecule has 0 radical (unpaired) electrons. The van der Waals surface area contributed by atoms with Gasteiger partial charge in [-0.2, -0.15) is 0 Å².